The SMILES string of the molecule is C/C(COC(=O)C(C)C)=N\O. The van der Waals surface area contributed by atoms with Crippen LogP contribution in [0.5, 0.6) is 0 Å². The Morgan fingerprint density at radius 2 is 2.18 bits per heavy atom. The Labute approximate surface area is 65.8 Å². The van der Waals surface area contributed by atoms with E-state index in [1.165, 1.54) is 0 Å². The van der Waals surface area contributed by atoms with Gasteiger partial charge in [0.05, 0.1) is 11.6 Å². The third kappa shape index (κ3) is 4.36. The molecule has 0 fully saturated rings. The number of esters is 1. The van der Waals surface area contributed by atoms with Crippen LogP contribution in [0.3, 0.4) is 0 Å². The second-order valence-corrected chi connectivity index (χ2v) is 2.60. The summed E-state index contributed by atoms with van der Waals surface area (Å²) >= 11 is 0. The number of nitrogens with zero attached hydrogens (tertiary/aromatic N) is 1. The zero-order chi connectivity index (χ0) is 8.85. The first-order valence-corrected chi connectivity index (χ1v) is 3.42. The molecule has 0 heterocycles. The van der Waals surface area contributed by atoms with E-state index in [0.717, 1.165) is 0 Å². The van der Waals surface area contributed by atoms with Gasteiger partial charge in [-0.15, -0.1) is 0 Å². The van der Waals surface area contributed by atoms with Crippen LogP contribution in [-0.2, 0) is 9.53 Å². The van der Waals surface area contributed by atoms with Crippen molar-refractivity contribution in [1.29, 1.82) is 0 Å². The van der Waals surface area contributed by atoms with Crippen molar-refractivity contribution in [2.45, 2.75) is 20.8 Å². The van der Waals surface area contributed by atoms with Gasteiger partial charge < -0.3 is 9.94 Å². The van der Waals surface area contributed by atoms with Crippen LogP contribution in [0, 0.1) is 5.92 Å². The molecule has 0 aliphatic heterocycles. The standard InChI is InChI=1S/C7H13NO3/c1-5(2)7(9)11-4-6(3)8-10/h5,10H,4H2,1-3H3/b8-6+. The molecule has 0 spiro atoms. The molecule has 0 radical (unpaired) electrons. The number of oxime groups is 1. The molecular formula is C7H13NO3. The molecule has 0 aromatic rings. The third-order valence-corrected chi connectivity index (χ3v) is 1.07. The predicted octanol–water partition coefficient (Wildman–Crippen LogP) is 1.04. The van der Waals surface area contributed by atoms with Gasteiger partial charge in [-0.25, -0.2) is 0 Å². The van der Waals surface area contributed by atoms with Crippen LogP contribution in [0.2, 0.25) is 0 Å². The van der Waals surface area contributed by atoms with Gasteiger partial charge in [0.1, 0.15) is 6.61 Å². The molecule has 4 nitrogen and oxygen atoms in total. The molecule has 4 heteroatoms. The predicted molar refractivity (Wildman–Crippen MR) is 40.7 cm³/mol. The van der Waals surface area contributed by atoms with E-state index in [0.29, 0.717) is 5.71 Å². The van der Waals surface area contributed by atoms with Crippen LogP contribution in [0.1, 0.15) is 20.8 Å². The van der Waals surface area contributed by atoms with Crippen LogP contribution >= 0.6 is 0 Å². The van der Waals surface area contributed by atoms with Gasteiger partial charge in [0, 0.05) is 0 Å². The van der Waals surface area contributed by atoms with Gasteiger partial charge in [0.15, 0.2) is 0 Å². The van der Waals surface area contributed by atoms with Crippen molar-refractivity contribution in [2.24, 2.45) is 11.1 Å². The number of hydrogen-bond acceptors (Lipinski definition) is 4. The van der Waals surface area contributed by atoms with Gasteiger partial charge in [-0.1, -0.05) is 19.0 Å². The van der Waals surface area contributed by atoms with Crippen LogP contribution in [0.15, 0.2) is 5.16 Å². The Balaban J connectivity index is 3.63. The summed E-state index contributed by atoms with van der Waals surface area (Å²) in [4.78, 5) is 10.8. The minimum atomic E-state index is -0.284. The molecule has 11 heavy (non-hydrogen) atoms. The first-order chi connectivity index (χ1) is 5.07. The maximum Gasteiger partial charge on any atom is 0.308 e. The molecule has 0 amide bonds. The third-order valence-electron chi connectivity index (χ3n) is 1.07. The molecule has 0 saturated carbocycles. The molecule has 0 aromatic heterocycles. The lowest BCUT2D eigenvalue weighted by Crippen LogP contribution is -2.16. The van der Waals surface area contributed by atoms with Crippen molar-refractivity contribution in [3.8, 4) is 0 Å². The van der Waals surface area contributed by atoms with Gasteiger partial charge in [-0.2, -0.15) is 0 Å². The second-order valence-electron chi connectivity index (χ2n) is 2.60. The van der Waals surface area contributed by atoms with Crippen LogP contribution in [0.4, 0.5) is 0 Å². The van der Waals surface area contributed by atoms with Crippen molar-refractivity contribution >= 4 is 11.7 Å². The van der Waals surface area contributed by atoms with E-state index < -0.39 is 0 Å². The van der Waals surface area contributed by atoms with Crippen molar-refractivity contribution in [2.75, 3.05) is 6.61 Å². The fourth-order valence-electron chi connectivity index (χ4n) is 0.371. The topological polar surface area (TPSA) is 58.9 Å². The molecule has 64 valence electrons. The van der Waals surface area contributed by atoms with E-state index in [-0.39, 0.29) is 18.5 Å². The molecule has 0 atom stereocenters. The van der Waals surface area contributed by atoms with E-state index >= 15 is 0 Å². The van der Waals surface area contributed by atoms with Gasteiger partial charge >= 0.3 is 5.97 Å². The van der Waals surface area contributed by atoms with Crippen molar-refractivity contribution in [3.63, 3.8) is 0 Å². The highest BCUT2D eigenvalue weighted by Gasteiger charge is 2.07. The molecule has 0 unspecified atom stereocenters. The summed E-state index contributed by atoms with van der Waals surface area (Å²) in [6.45, 7) is 5.13. The minimum absolute atomic E-state index is 0.0630. The highest BCUT2D eigenvalue weighted by Crippen LogP contribution is 1.95. The van der Waals surface area contributed by atoms with E-state index in [1.54, 1.807) is 20.8 Å². The van der Waals surface area contributed by atoms with E-state index in [2.05, 4.69) is 5.16 Å². The van der Waals surface area contributed by atoms with Gasteiger partial charge in [0.25, 0.3) is 0 Å². The van der Waals surface area contributed by atoms with Crippen molar-refractivity contribution in [3.05, 3.63) is 0 Å². The summed E-state index contributed by atoms with van der Waals surface area (Å²) in [5, 5.41) is 11.0. The number of hydrogen-bond donors (Lipinski definition) is 1. The first-order valence-electron chi connectivity index (χ1n) is 3.42. The lowest BCUT2D eigenvalue weighted by molar-refractivity contribution is -0.145. The first kappa shape index (κ1) is 9.94. The van der Waals surface area contributed by atoms with E-state index in [4.69, 9.17) is 9.94 Å². The summed E-state index contributed by atoms with van der Waals surface area (Å²) in [5.41, 5.74) is 0.388. The fourth-order valence-corrected chi connectivity index (χ4v) is 0.371. The van der Waals surface area contributed by atoms with E-state index in [9.17, 15) is 4.79 Å². The molecule has 0 bridgehead atoms. The number of rotatable bonds is 3. The molecule has 0 rings (SSSR count). The van der Waals surface area contributed by atoms with Crippen molar-refractivity contribution in [1.82, 2.24) is 0 Å². The fraction of sp³-hybridized carbons (Fsp3) is 0.714. The summed E-state index contributed by atoms with van der Waals surface area (Å²) in [7, 11) is 0. The Morgan fingerprint density at radius 1 is 1.64 bits per heavy atom. The monoisotopic (exact) mass is 159 g/mol. The summed E-state index contributed by atoms with van der Waals surface area (Å²) < 4.78 is 4.73. The van der Waals surface area contributed by atoms with Gasteiger partial charge in [0.2, 0.25) is 0 Å². The van der Waals surface area contributed by atoms with Gasteiger partial charge in [-0.05, 0) is 6.92 Å². The molecule has 0 aliphatic carbocycles. The minimum Gasteiger partial charge on any atom is -0.459 e. The lowest BCUT2D eigenvalue weighted by atomic mass is 10.2. The number of carbonyl (C=O) groups excluding carboxylic acids is 1. The molecule has 0 saturated heterocycles. The number of carbonyl (C=O) groups is 1. The molecule has 1 N–H and O–H groups in total. The zero-order valence-corrected chi connectivity index (χ0v) is 7.00. The Bertz CT molecular complexity index is 163. The second kappa shape index (κ2) is 4.71. The van der Waals surface area contributed by atoms with Gasteiger partial charge in [-0.3, -0.25) is 4.79 Å². The Kier molecular flexibility index (Phi) is 4.26. The summed E-state index contributed by atoms with van der Waals surface area (Å²) in [5.74, 6) is -0.422. The average Bonchev–Trinajstić information content (AvgIpc) is 1.99. The highest BCUT2D eigenvalue weighted by atomic mass is 16.5. The van der Waals surface area contributed by atoms with E-state index in [1.807, 2.05) is 0 Å². The maximum absolute atomic E-state index is 10.8. The Morgan fingerprint density at radius 3 is 2.55 bits per heavy atom. The molecule has 0 aromatic carbocycles. The molecule has 0 aliphatic rings. The smallest absolute Gasteiger partial charge is 0.308 e. The van der Waals surface area contributed by atoms with Crippen LogP contribution < -0.4 is 0 Å². The van der Waals surface area contributed by atoms with Crippen molar-refractivity contribution < 1.29 is 14.7 Å². The average molecular weight is 159 g/mol. The number of ether oxygens (including phenoxy) is 1. The molecular weight excluding hydrogens is 146 g/mol. The summed E-state index contributed by atoms with van der Waals surface area (Å²) in [6.07, 6.45) is 0. The summed E-state index contributed by atoms with van der Waals surface area (Å²) in [6, 6.07) is 0. The van der Waals surface area contributed by atoms with Crippen LogP contribution in [0.25, 0.3) is 0 Å². The quantitative estimate of drug-likeness (QED) is 0.289. The van der Waals surface area contributed by atoms with Crippen LogP contribution in [-0.4, -0.2) is 23.5 Å². The Hall–Kier alpha value is -1.06. The maximum atomic E-state index is 10.8. The normalized spacial score (nSPS) is 11.8. The largest absolute Gasteiger partial charge is 0.459 e. The zero-order valence-electron chi connectivity index (χ0n) is 7.00. The lowest BCUT2D eigenvalue weighted by Gasteiger charge is -2.04. The highest BCUT2D eigenvalue weighted by molar-refractivity contribution is 5.84.